The van der Waals surface area contributed by atoms with Gasteiger partial charge in [-0.3, -0.25) is 4.79 Å². The van der Waals surface area contributed by atoms with E-state index in [1.54, 1.807) is 11.0 Å². The van der Waals surface area contributed by atoms with E-state index in [0.29, 0.717) is 24.6 Å². The summed E-state index contributed by atoms with van der Waals surface area (Å²) in [5, 5.41) is 0. The van der Waals surface area contributed by atoms with Crippen LogP contribution in [0.15, 0.2) is 23.1 Å². The van der Waals surface area contributed by atoms with Gasteiger partial charge < -0.3 is 9.64 Å². The van der Waals surface area contributed by atoms with Crippen LogP contribution >= 0.6 is 0 Å². The van der Waals surface area contributed by atoms with Crippen LogP contribution in [-0.4, -0.2) is 33.5 Å². The highest BCUT2D eigenvalue weighted by molar-refractivity contribution is 7.89. The molecule has 0 atom stereocenters. The zero-order chi connectivity index (χ0) is 16.4. The van der Waals surface area contributed by atoms with Gasteiger partial charge in [0.1, 0.15) is 12.4 Å². The number of carbonyl (C=O) groups is 1. The minimum absolute atomic E-state index is 0.00458. The van der Waals surface area contributed by atoms with Crippen molar-refractivity contribution in [2.24, 2.45) is 0 Å². The number of hydrogen-bond donors (Lipinski definition) is 1. The first-order valence-electron chi connectivity index (χ1n) is 8.05. The average molecular weight is 338 g/mol. The highest BCUT2D eigenvalue weighted by Gasteiger charge is 2.26. The second-order valence-corrected chi connectivity index (χ2v) is 7.82. The van der Waals surface area contributed by atoms with Crippen LogP contribution in [0.1, 0.15) is 39.0 Å². The molecule has 2 aliphatic rings. The molecule has 6 nitrogen and oxygen atoms in total. The Kier molecular flexibility index (Phi) is 4.59. The molecule has 1 aliphatic heterocycles. The first-order chi connectivity index (χ1) is 11.0. The number of anilines is 1. The van der Waals surface area contributed by atoms with Gasteiger partial charge in [0.15, 0.2) is 0 Å². The van der Waals surface area contributed by atoms with E-state index >= 15 is 0 Å². The van der Waals surface area contributed by atoms with Gasteiger partial charge in [-0.2, -0.15) is 0 Å². The maximum atomic E-state index is 12.6. The Morgan fingerprint density at radius 1 is 1.26 bits per heavy atom. The molecule has 23 heavy (non-hydrogen) atoms. The number of nitrogens with zero attached hydrogens (tertiary/aromatic N) is 1. The monoisotopic (exact) mass is 338 g/mol. The minimum atomic E-state index is -3.59. The molecule has 1 aromatic rings. The molecule has 1 N–H and O–H groups in total. The van der Waals surface area contributed by atoms with Crippen LogP contribution in [0.5, 0.6) is 5.75 Å². The Hall–Kier alpha value is -1.60. The van der Waals surface area contributed by atoms with Gasteiger partial charge in [0.25, 0.3) is 0 Å². The van der Waals surface area contributed by atoms with Gasteiger partial charge in [-0.25, -0.2) is 13.1 Å². The molecule has 1 heterocycles. The van der Waals surface area contributed by atoms with Crippen molar-refractivity contribution in [3.8, 4) is 5.75 Å². The molecule has 0 unspecified atom stereocenters. The van der Waals surface area contributed by atoms with Gasteiger partial charge >= 0.3 is 0 Å². The molecular formula is C16H22N2O4S. The first kappa shape index (κ1) is 16.3. The van der Waals surface area contributed by atoms with Crippen LogP contribution < -0.4 is 14.4 Å². The van der Waals surface area contributed by atoms with Crippen molar-refractivity contribution >= 4 is 21.6 Å². The summed E-state index contributed by atoms with van der Waals surface area (Å²) in [7, 11) is -3.59. The van der Waals surface area contributed by atoms with Crippen LogP contribution in [0.3, 0.4) is 0 Å². The SMILES string of the molecule is CC(=O)N1CCOc2ccc(S(=O)(=O)NC3CCCCC3)cc21. The van der Waals surface area contributed by atoms with Gasteiger partial charge in [-0.05, 0) is 31.0 Å². The maximum Gasteiger partial charge on any atom is 0.240 e. The fourth-order valence-corrected chi connectivity index (χ4v) is 4.52. The lowest BCUT2D eigenvalue weighted by Gasteiger charge is -2.29. The molecule has 1 aliphatic carbocycles. The fraction of sp³-hybridized carbons (Fsp3) is 0.562. The second-order valence-electron chi connectivity index (χ2n) is 6.10. The van der Waals surface area contributed by atoms with E-state index in [2.05, 4.69) is 4.72 Å². The number of hydrogen-bond acceptors (Lipinski definition) is 4. The Morgan fingerprint density at radius 2 is 2.00 bits per heavy atom. The lowest BCUT2D eigenvalue weighted by Crippen LogP contribution is -2.38. The molecule has 1 aromatic carbocycles. The predicted octanol–water partition coefficient (Wildman–Crippen LogP) is 2.04. The average Bonchev–Trinajstić information content (AvgIpc) is 2.54. The summed E-state index contributed by atoms with van der Waals surface area (Å²) in [5.41, 5.74) is 0.523. The molecule has 1 amide bonds. The number of sulfonamides is 1. The number of rotatable bonds is 3. The zero-order valence-electron chi connectivity index (χ0n) is 13.2. The molecule has 126 valence electrons. The topological polar surface area (TPSA) is 75.7 Å². The van der Waals surface area contributed by atoms with Crippen molar-refractivity contribution in [2.75, 3.05) is 18.1 Å². The maximum absolute atomic E-state index is 12.6. The van der Waals surface area contributed by atoms with E-state index in [-0.39, 0.29) is 16.8 Å². The smallest absolute Gasteiger partial charge is 0.240 e. The molecule has 1 saturated carbocycles. The van der Waals surface area contributed by atoms with Crippen molar-refractivity contribution in [3.05, 3.63) is 18.2 Å². The Morgan fingerprint density at radius 3 is 2.70 bits per heavy atom. The number of fused-ring (bicyclic) bond motifs is 1. The van der Waals surface area contributed by atoms with E-state index in [9.17, 15) is 13.2 Å². The van der Waals surface area contributed by atoms with Crippen LogP contribution in [0, 0.1) is 0 Å². The number of ether oxygens (including phenoxy) is 1. The Bertz CT molecular complexity index is 696. The van der Waals surface area contributed by atoms with Crippen LogP contribution in [-0.2, 0) is 14.8 Å². The summed E-state index contributed by atoms with van der Waals surface area (Å²) in [5.74, 6) is 0.424. The largest absolute Gasteiger partial charge is 0.490 e. The van der Waals surface area contributed by atoms with E-state index in [4.69, 9.17) is 4.74 Å². The van der Waals surface area contributed by atoms with Gasteiger partial charge in [-0.1, -0.05) is 19.3 Å². The number of benzene rings is 1. The summed E-state index contributed by atoms with van der Waals surface area (Å²) in [6.07, 6.45) is 5.05. The Labute approximate surface area is 136 Å². The van der Waals surface area contributed by atoms with Crippen molar-refractivity contribution < 1.29 is 17.9 Å². The number of nitrogens with one attached hydrogen (secondary N) is 1. The summed E-state index contributed by atoms with van der Waals surface area (Å²) in [4.78, 5) is 13.5. The second kappa shape index (κ2) is 6.49. The van der Waals surface area contributed by atoms with Gasteiger partial charge in [0.05, 0.1) is 17.1 Å². The first-order valence-corrected chi connectivity index (χ1v) is 9.53. The summed E-state index contributed by atoms with van der Waals surface area (Å²) in [6.45, 7) is 2.32. The van der Waals surface area contributed by atoms with Crippen LogP contribution in [0.2, 0.25) is 0 Å². The van der Waals surface area contributed by atoms with E-state index in [0.717, 1.165) is 25.7 Å². The molecular weight excluding hydrogens is 316 g/mol. The van der Waals surface area contributed by atoms with E-state index < -0.39 is 10.0 Å². The quantitative estimate of drug-likeness (QED) is 0.915. The molecule has 3 rings (SSSR count). The molecule has 0 radical (unpaired) electrons. The molecule has 0 bridgehead atoms. The highest BCUT2D eigenvalue weighted by atomic mass is 32.2. The van der Waals surface area contributed by atoms with Crippen molar-refractivity contribution in [2.45, 2.75) is 50.0 Å². The standard InChI is InChI=1S/C16H22N2O4S/c1-12(19)18-9-10-22-16-8-7-14(11-15(16)18)23(20,21)17-13-5-3-2-4-6-13/h7-8,11,13,17H,2-6,9-10H2,1H3. The summed E-state index contributed by atoms with van der Waals surface area (Å²) < 4.78 is 33.5. The van der Waals surface area contributed by atoms with Gasteiger partial charge in [0.2, 0.25) is 15.9 Å². The van der Waals surface area contributed by atoms with Crippen LogP contribution in [0.4, 0.5) is 5.69 Å². The minimum Gasteiger partial charge on any atom is -0.490 e. The third-order valence-electron chi connectivity index (χ3n) is 4.41. The molecule has 0 aromatic heterocycles. The normalized spacial score (nSPS) is 19.1. The Balaban J connectivity index is 1.87. The molecule has 7 heteroatoms. The summed E-state index contributed by atoms with van der Waals surface area (Å²) in [6, 6.07) is 4.69. The van der Waals surface area contributed by atoms with E-state index in [1.165, 1.54) is 25.5 Å². The van der Waals surface area contributed by atoms with Crippen molar-refractivity contribution in [1.82, 2.24) is 4.72 Å². The molecule has 0 saturated heterocycles. The molecule has 0 spiro atoms. The zero-order valence-corrected chi connectivity index (χ0v) is 14.1. The van der Waals surface area contributed by atoms with Crippen LogP contribution in [0.25, 0.3) is 0 Å². The predicted molar refractivity (Wildman–Crippen MR) is 87.2 cm³/mol. The number of amides is 1. The van der Waals surface area contributed by atoms with Crippen molar-refractivity contribution in [3.63, 3.8) is 0 Å². The van der Waals surface area contributed by atoms with Gasteiger partial charge in [-0.15, -0.1) is 0 Å². The summed E-state index contributed by atoms with van der Waals surface area (Å²) >= 11 is 0. The lowest BCUT2D eigenvalue weighted by atomic mass is 9.96. The van der Waals surface area contributed by atoms with Gasteiger partial charge in [0, 0.05) is 13.0 Å². The van der Waals surface area contributed by atoms with E-state index in [1.807, 2.05) is 0 Å². The number of carbonyl (C=O) groups excluding carboxylic acids is 1. The highest BCUT2D eigenvalue weighted by Crippen LogP contribution is 2.34. The lowest BCUT2D eigenvalue weighted by molar-refractivity contribution is -0.116. The third kappa shape index (κ3) is 3.50. The third-order valence-corrected chi connectivity index (χ3v) is 5.93. The fourth-order valence-electron chi connectivity index (χ4n) is 3.20. The van der Waals surface area contributed by atoms with Crippen molar-refractivity contribution in [1.29, 1.82) is 0 Å². The molecule has 1 fully saturated rings.